The van der Waals surface area contributed by atoms with E-state index in [4.69, 9.17) is 4.74 Å². The summed E-state index contributed by atoms with van der Waals surface area (Å²) in [5.74, 6) is 1.37. The minimum Gasteiger partial charge on any atom is -0.373 e. The highest BCUT2D eigenvalue weighted by atomic mass is 19.1. The fourth-order valence-corrected chi connectivity index (χ4v) is 3.74. The van der Waals surface area contributed by atoms with Gasteiger partial charge < -0.3 is 4.74 Å². The molecule has 3 rings (SSSR count). The largest absolute Gasteiger partial charge is 0.373 e. The Morgan fingerprint density at radius 2 is 1.83 bits per heavy atom. The van der Waals surface area contributed by atoms with Crippen molar-refractivity contribution >= 4 is 0 Å². The van der Waals surface area contributed by atoms with Crippen LogP contribution in [0.2, 0.25) is 0 Å². The summed E-state index contributed by atoms with van der Waals surface area (Å²) in [7, 11) is 0. The SMILES string of the molecule is CC(C)[C@@H]1C[C@H](c2cccc(F)c2)C[C@@H]1OCc1ccccc1. The van der Waals surface area contributed by atoms with Gasteiger partial charge in [0.2, 0.25) is 0 Å². The van der Waals surface area contributed by atoms with E-state index in [1.54, 1.807) is 6.07 Å². The van der Waals surface area contributed by atoms with Gasteiger partial charge >= 0.3 is 0 Å². The van der Waals surface area contributed by atoms with Crippen LogP contribution in [0.3, 0.4) is 0 Å². The third-order valence-electron chi connectivity index (χ3n) is 5.03. The van der Waals surface area contributed by atoms with Crippen molar-refractivity contribution in [2.45, 2.75) is 45.3 Å². The molecule has 122 valence electrons. The average Bonchev–Trinajstić information content (AvgIpc) is 2.98. The summed E-state index contributed by atoms with van der Waals surface area (Å²) in [4.78, 5) is 0. The Balaban J connectivity index is 1.69. The van der Waals surface area contributed by atoms with Gasteiger partial charge in [-0.15, -0.1) is 0 Å². The summed E-state index contributed by atoms with van der Waals surface area (Å²) in [5.41, 5.74) is 2.32. The van der Waals surface area contributed by atoms with E-state index in [2.05, 4.69) is 26.0 Å². The predicted octanol–water partition coefficient (Wildman–Crippen LogP) is 5.56. The summed E-state index contributed by atoms with van der Waals surface area (Å²) < 4.78 is 19.8. The molecule has 0 N–H and O–H groups in total. The van der Waals surface area contributed by atoms with E-state index in [9.17, 15) is 4.39 Å². The second-order valence-corrected chi connectivity index (χ2v) is 6.97. The number of rotatable bonds is 5. The van der Waals surface area contributed by atoms with Gasteiger partial charge in [-0.25, -0.2) is 4.39 Å². The average molecular weight is 312 g/mol. The van der Waals surface area contributed by atoms with Crippen LogP contribution in [0.5, 0.6) is 0 Å². The Kier molecular flexibility index (Phi) is 5.12. The molecule has 0 amide bonds. The lowest BCUT2D eigenvalue weighted by molar-refractivity contribution is 0.00325. The van der Waals surface area contributed by atoms with Gasteiger partial charge in [0.1, 0.15) is 5.82 Å². The number of hydrogen-bond acceptors (Lipinski definition) is 1. The molecular weight excluding hydrogens is 287 g/mol. The first-order valence-electron chi connectivity index (χ1n) is 8.54. The molecule has 1 aliphatic rings. The monoisotopic (exact) mass is 312 g/mol. The highest BCUT2D eigenvalue weighted by Gasteiger charge is 2.37. The van der Waals surface area contributed by atoms with E-state index in [-0.39, 0.29) is 11.9 Å². The second-order valence-electron chi connectivity index (χ2n) is 6.97. The summed E-state index contributed by atoms with van der Waals surface area (Å²) >= 11 is 0. The van der Waals surface area contributed by atoms with Crippen molar-refractivity contribution in [1.82, 2.24) is 0 Å². The molecule has 1 nitrogen and oxygen atoms in total. The van der Waals surface area contributed by atoms with Crippen LogP contribution in [0.25, 0.3) is 0 Å². The molecule has 0 aliphatic heterocycles. The van der Waals surface area contributed by atoms with Crippen LogP contribution >= 0.6 is 0 Å². The van der Waals surface area contributed by atoms with E-state index in [1.165, 1.54) is 11.6 Å². The van der Waals surface area contributed by atoms with Gasteiger partial charge in [-0.1, -0.05) is 56.3 Å². The van der Waals surface area contributed by atoms with Crippen LogP contribution < -0.4 is 0 Å². The van der Waals surface area contributed by atoms with E-state index in [1.807, 2.05) is 30.3 Å². The number of halogens is 1. The van der Waals surface area contributed by atoms with E-state index >= 15 is 0 Å². The van der Waals surface area contributed by atoms with Crippen molar-refractivity contribution in [1.29, 1.82) is 0 Å². The van der Waals surface area contributed by atoms with Crippen LogP contribution in [0.4, 0.5) is 4.39 Å². The minimum atomic E-state index is -0.141. The molecule has 0 bridgehead atoms. The van der Waals surface area contributed by atoms with Crippen LogP contribution in [-0.2, 0) is 11.3 Å². The molecule has 0 aromatic heterocycles. The molecule has 2 aromatic carbocycles. The van der Waals surface area contributed by atoms with Gasteiger partial charge in [0.05, 0.1) is 12.7 Å². The van der Waals surface area contributed by atoms with Crippen molar-refractivity contribution in [2.24, 2.45) is 11.8 Å². The van der Waals surface area contributed by atoms with Gasteiger partial charge in [0.15, 0.2) is 0 Å². The molecule has 0 heterocycles. The van der Waals surface area contributed by atoms with E-state index < -0.39 is 0 Å². The molecule has 2 aromatic rings. The summed E-state index contributed by atoms with van der Waals surface area (Å²) in [5, 5.41) is 0. The molecule has 1 fully saturated rings. The minimum absolute atomic E-state index is 0.141. The first-order valence-corrected chi connectivity index (χ1v) is 8.54. The molecule has 1 saturated carbocycles. The molecule has 0 saturated heterocycles. The third kappa shape index (κ3) is 4.00. The molecule has 0 spiro atoms. The maximum atomic E-state index is 13.5. The topological polar surface area (TPSA) is 9.23 Å². The van der Waals surface area contributed by atoms with Crippen LogP contribution in [-0.4, -0.2) is 6.10 Å². The van der Waals surface area contributed by atoms with Gasteiger partial charge in [-0.05, 0) is 53.9 Å². The molecular formula is C21H25FO. The van der Waals surface area contributed by atoms with E-state index in [0.29, 0.717) is 24.4 Å². The number of hydrogen-bond donors (Lipinski definition) is 0. The highest BCUT2D eigenvalue weighted by molar-refractivity contribution is 5.22. The van der Waals surface area contributed by atoms with Crippen molar-refractivity contribution < 1.29 is 9.13 Å². The van der Waals surface area contributed by atoms with E-state index in [0.717, 1.165) is 18.4 Å². The summed E-state index contributed by atoms with van der Waals surface area (Å²) in [6.45, 7) is 5.18. The lowest BCUT2D eigenvalue weighted by Crippen LogP contribution is -2.22. The highest BCUT2D eigenvalue weighted by Crippen LogP contribution is 2.43. The maximum Gasteiger partial charge on any atom is 0.123 e. The third-order valence-corrected chi connectivity index (χ3v) is 5.03. The normalized spacial score (nSPS) is 24.3. The molecule has 23 heavy (non-hydrogen) atoms. The maximum absolute atomic E-state index is 13.5. The standard InChI is InChI=1S/C21H25FO/c1-15(2)20-12-18(17-9-6-10-19(22)11-17)13-21(20)23-14-16-7-4-3-5-8-16/h3-11,15,18,20-21H,12-14H2,1-2H3/t18-,20-,21-/m0/s1. The first-order chi connectivity index (χ1) is 11.1. The van der Waals surface area contributed by atoms with Crippen LogP contribution in [0.1, 0.15) is 43.7 Å². The molecule has 0 radical (unpaired) electrons. The Hall–Kier alpha value is -1.67. The zero-order valence-electron chi connectivity index (χ0n) is 13.9. The Labute approximate surface area is 138 Å². The van der Waals surface area contributed by atoms with Gasteiger partial charge in [0, 0.05) is 0 Å². The lowest BCUT2D eigenvalue weighted by atomic mass is 9.90. The first kappa shape index (κ1) is 16.2. The smallest absolute Gasteiger partial charge is 0.123 e. The van der Waals surface area contributed by atoms with Crippen molar-refractivity contribution in [3.8, 4) is 0 Å². The predicted molar refractivity (Wildman–Crippen MR) is 91.7 cm³/mol. The molecule has 2 heteroatoms. The lowest BCUT2D eigenvalue weighted by Gasteiger charge is -2.23. The van der Waals surface area contributed by atoms with Crippen molar-refractivity contribution in [3.05, 3.63) is 71.5 Å². The van der Waals surface area contributed by atoms with Gasteiger partial charge in [-0.2, -0.15) is 0 Å². The fourth-order valence-electron chi connectivity index (χ4n) is 3.74. The van der Waals surface area contributed by atoms with Crippen LogP contribution in [0, 0.1) is 17.7 Å². The molecule has 0 unspecified atom stereocenters. The quantitative estimate of drug-likeness (QED) is 0.702. The second kappa shape index (κ2) is 7.27. The fraction of sp³-hybridized carbons (Fsp3) is 0.429. The van der Waals surface area contributed by atoms with Crippen molar-refractivity contribution in [3.63, 3.8) is 0 Å². The van der Waals surface area contributed by atoms with Crippen LogP contribution in [0.15, 0.2) is 54.6 Å². The number of benzene rings is 2. The summed E-state index contributed by atoms with van der Waals surface area (Å²) in [6, 6.07) is 17.4. The summed E-state index contributed by atoms with van der Waals surface area (Å²) in [6.07, 6.45) is 2.32. The van der Waals surface area contributed by atoms with Crippen molar-refractivity contribution in [2.75, 3.05) is 0 Å². The zero-order valence-corrected chi connectivity index (χ0v) is 13.9. The molecule has 1 aliphatic carbocycles. The Bertz CT molecular complexity index is 623. The Morgan fingerprint density at radius 1 is 1.04 bits per heavy atom. The molecule has 3 atom stereocenters. The number of ether oxygens (including phenoxy) is 1. The van der Waals surface area contributed by atoms with Gasteiger partial charge in [-0.3, -0.25) is 0 Å². The van der Waals surface area contributed by atoms with Gasteiger partial charge in [0.25, 0.3) is 0 Å². The zero-order chi connectivity index (χ0) is 16.2. The Morgan fingerprint density at radius 3 is 2.52 bits per heavy atom.